The monoisotopic (exact) mass is 500 g/mol. The average molecular weight is 501 g/mol. The van der Waals surface area contributed by atoms with Gasteiger partial charge in [0.1, 0.15) is 0 Å². The van der Waals surface area contributed by atoms with Crippen LogP contribution in [0.1, 0.15) is 45.2 Å². The van der Waals surface area contributed by atoms with E-state index in [2.05, 4.69) is 142 Å². The molecule has 190 valence electrons. The zero-order valence-electron chi connectivity index (χ0n) is 22.1. The standard InChI is InChI=1S/C32H32N6/c1-33-10-13-36(19-33)22-6-9-27-28(16-22)31-25-7-4-23(37-14-11-34(2)20-37)17-29(25)32(27)30-18-24(5-8-26(30)31)38-15-12-35(3)21-38/h4-18,31-32H,19-21H2,1-3H3. The molecule has 0 saturated heterocycles. The maximum atomic E-state index is 2.45. The second-order valence-electron chi connectivity index (χ2n) is 11.3. The van der Waals surface area contributed by atoms with Gasteiger partial charge >= 0.3 is 0 Å². The molecule has 3 aromatic rings. The molecule has 0 unspecified atom stereocenters. The smallest absolute Gasteiger partial charge is 0.0938 e. The van der Waals surface area contributed by atoms with Crippen LogP contribution in [0.3, 0.4) is 0 Å². The fourth-order valence-corrected chi connectivity index (χ4v) is 6.86. The maximum Gasteiger partial charge on any atom is 0.0938 e. The summed E-state index contributed by atoms with van der Waals surface area (Å²) in [4.78, 5) is 13.7. The van der Waals surface area contributed by atoms with E-state index in [4.69, 9.17) is 0 Å². The van der Waals surface area contributed by atoms with Crippen LogP contribution in [0, 0.1) is 0 Å². The molecule has 6 nitrogen and oxygen atoms in total. The highest BCUT2D eigenvalue weighted by molar-refractivity contribution is 5.74. The van der Waals surface area contributed by atoms with Crippen molar-refractivity contribution in [1.82, 2.24) is 14.7 Å². The maximum absolute atomic E-state index is 2.45. The van der Waals surface area contributed by atoms with Gasteiger partial charge in [-0.05, 0) is 69.8 Å². The van der Waals surface area contributed by atoms with Crippen LogP contribution in [-0.4, -0.2) is 55.8 Å². The van der Waals surface area contributed by atoms with Gasteiger partial charge in [-0.3, -0.25) is 0 Å². The van der Waals surface area contributed by atoms with E-state index in [1.54, 1.807) is 0 Å². The van der Waals surface area contributed by atoms with Crippen molar-refractivity contribution in [2.75, 3.05) is 55.8 Å². The molecule has 0 atom stereocenters. The lowest BCUT2D eigenvalue weighted by Gasteiger charge is -2.43. The van der Waals surface area contributed by atoms with E-state index in [1.807, 2.05) is 0 Å². The van der Waals surface area contributed by atoms with E-state index in [9.17, 15) is 0 Å². The summed E-state index contributed by atoms with van der Waals surface area (Å²) in [5, 5.41) is 0. The van der Waals surface area contributed by atoms with E-state index >= 15 is 0 Å². The van der Waals surface area contributed by atoms with Gasteiger partial charge in [0.25, 0.3) is 0 Å². The molecule has 0 radical (unpaired) electrons. The van der Waals surface area contributed by atoms with Gasteiger partial charge in [0.05, 0.1) is 20.0 Å². The number of anilines is 3. The van der Waals surface area contributed by atoms with Crippen molar-refractivity contribution in [2.45, 2.75) is 11.8 Å². The molecular weight excluding hydrogens is 468 g/mol. The normalized spacial score (nSPS) is 22.2. The molecule has 0 spiro atoms. The molecule has 6 aliphatic rings. The van der Waals surface area contributed by atoms with Gasteiger partial charge in [-0.25, -0.2) is 0 Å². The number of hydrogen-bond acceptors (Lipinski definition) is 6. The highest BCUT2D eigenvalue weighted by atomic mass is 15.3. The topological polar surface area (TPSA) is 19.4 Å². The Morgan fingerprint density at radius 2 is 0.737 bits per heavy atom. The summed E-state index contributed by atoms with van der Waals surface area (Å²) in [6.07, 6.45) is 13.0. The Morgan fingerprint density at radius 3 is 1.03 bits per heavy atom. The van der Waals surface area contributed by atoms with E-state index in [1.165, 1.54) is 50.4 Å². The number of rotatable bonds is 3. The lowest BCUT2D eigenvalue weighted by Crippen LogP contribution is -2.30. The first-order valence-corrected chi connectivity index (χ1v) is 13.4. The Morgan fingerprint density at radius 1 is 0.421 bits per heavy atom. The van der Waals surface area contributed by atoms with Crippen molar-refractivity contribution in [3.8, 4) is 0 Å². The molecule has 0 aromatic heterocycles. The number of hydrogen-bond donors (Lipinski definition) is 0. The van der Waals surface area contributed by atoms with Gasteiger partial charge in [0.2, 0.25) is 0 Å². The van der Waals surface area contributed by atoms with Crippen molar-refractivity contribution in [3.63, 3.8) is 0 Å². The van der Waals surface area contributed by atoms with Crippen LogP contribution in [0.15, 0.2) is 91.8 Å². The summed E-state index contributed by atoms with van der Waals surface area (Å²) in [6, 6.07) is 21.5. The predicted octanol–water partition coefficient (Wildman–Crippen LogP) is 5.22. The molecule has 9 rings (SSSR count). The highest BCUT2D eigenvalue weighted by Crippen LogP contribution is 2.57. The van der Waals surface area contributed by atoms with Crippen LogP contribution >= 0.6 is 0 Å². The van der Waals surface area contributed by atoms with Crippen LogP contribution in [0.5, 0.6) is 0 Å². The lowest BCUT2D eigenvalue weighted by molar-refractivity contribution is 0.495. The fourth-order valence-electron chi connectivity index (χ4n) is 6.86. The number of nitrogens with zero attached hydrogens (tertiary/aromatic N) is 6. The summed E-state index contributed by atoms with van der Waals surface area (Å²) in [6.45, 7) is 2.67. The van der Waals surface area contributed by atoms with Gasteiger partial charge in [-0.15, -0.1) is 0 Å². The van der Waals surface area contributed by atoms with E-state index < -0.39 is 0 Å². The second-order valence-corrected chi connectivity index (χ2v) is 11.3. The molecule has 0 saturated carbocycles. The van der Waals surface area contributed by atoms with E-state index in [-0.39, 0.29) is 11.8 Å². The molecule has 0 amide bonds. The Balaban J connectivity index is 1.27. The summed E-state index contributed by atoms with van der Waals surface area (Å²) >= 11 is 0. The van der Waals surface area contributed by atoms with Crippen molar-refractivity contribution >= 4 is 17.1 Å². The molecule has 3 aromatic carbocycles. The van der Waals surface area contributed by atoms with Gasteiger partial charge in [-0.1, -0.05) is 18.2 Å². The van der Waals surface area contributed by atoms with Crippen LogP contribution in [0.2, 0.25) is 0 Å². The predicted molar refractivity (Wildman–Crippen MR) is 154 cm³/mol. The van der Waals surface area contributed by atoms with Gasteiger partial charge in [-0.2, -0.15) is 0 Å². The third-order valence-corrected chi connectivity index (χ3v) is 8.70. The molecule has 0 N–H and O–H groups in total. The number of benzene rings is 3. The van der Waals surface area contributed by atoms with Crippen molar-refractivity contribution in [2.24, 2.45) is 0 Å². The lowest BCUT2D eigenvalue weighted by atomic mass is 9.61. The summed E-state index contributed by atoms with van der Waals surface area (Å²) in [7, 11) is 6.37. The van der Waals surface area contributed by atoms with Crippen LogP contribution < -0.4 is 14.7 Å². The molecule has 3 aliphatic heterocycles. The van der Waals surface area contributed by atoms with Crippen molar-refractivity contribution in [1.29, 1.82) is 0 Å². The second kappa shape index (κ2) is 7.84. The van der Waals surface area contributed by atoms with Crippen LogP contribution in [0.25, 0.3) is 0 Å². The minimum absolute atomic E-state index is 0.236. The van der Waals surface area contributed by atoms with Crippen molar-refractivity contribution in [3.05, 3.63) is 125 Å². The Hall–Kier alpha value is -4.32. The molecule has 38 heavy (non-hydrogen) atoms. The quantitative estimate of drug-likeness (QED) is 0.336. The van der Waals surface area contributed by atoms with E-state index in [0.717, 1.165) is 20.0 Å². The van der Waals surface area contributed by atoms with Crippen molar-refractivity contribution < 1.29 is 0 Å². The van der Waals surface area contributed by atoms with Gasteiger partial charge in [0.15, 0.2) is 0 Å². The first-order valence-electron chi connectivity index (χ1n) is 13.4. The largest absolute Gasteiger partial charge is 0.361 e. The zero-order valence-corrected chi connectivity index (χ0v) is 22.1. The third kappa shape index (κ3) is 3.13. The first-order chi connectivity index (χ1) is 18.5. The minimum Gasteiger partial charge on any atom is -0.361 e. The third-order valence-electron chi connectivity index (χ3n) is 8.70. The summed E-state index contributed by atoms with van der Waals surface area (Å²) in [5.74, 6) is 0.486. The Bertz CT molecular complexity index is 1480. The fraction of sp³-hybridized carbons (Fsp3) is 0.250. The van der Waals surface area contributed by atoms with Crippen LogP contribution in [0.4, 0.5) is 17.1 Å². The first kappa shape index (κ1) is 21.7. The molecule has 6 heteroatoms. The molecule has 3 heterocycles. The Kier molecular flexibility index (Phi) is 4.48. The minimum atomic E-state index is 0.236. The van der Waals surface area contributed by atoms with Crippen LogP contribution in [-0.2, 0) is 0 Å². The molecule has 3 aliphatic carbocycles. The van der Waals surface area contributed by atoms with Gasteiger partial charge in [0, 0.05) is 87.2 Å². The molecule has 0 fully saturated rings. The molecule has 2 bridgehead atoms. The molecular formula is C32H32N6. The Labute approximate surface area is 224 Å². The summed E-state index contributed by atoms with van der Waals surface area (Å²) < 4.78 is 0. The highest BCUT2D eigenvalue weighted by Gasteiger charge is 2.42. The average Bonchev–Trinajstić information content (AvgIpc) is 3.68. The van der Waals surface area contributed by atoms with Gasteiger partial charge < -0.3 is 29.4 Å². The van der Waals surface area contributed by atoms with E-state index in [0.29, 0.717) is 0 Å². The summed E-state index contributed by atoms with van der Waals surface area (Å²) in [5.41, 5.74) is 12.5. The zero-order chi connectivity index (χ0) is 25.5. The SMILES string of the molecule is CN1C=CN(c2ccc3c(c2)C2c4ccc(N5C=CN(C)C5)cc4C3c3cc(N4C=CN(C)C4)ccc32)C1.